The average molecular weight is 418 g/mol. The number of rotatable bonds is 5. The molecule has 30 heavy (non-hydrogen) atoms. The van der Waals surface area contributed by atoms with Gasteiger partial charge < -0.3 is 15.8 Å². The fraction of sp³-hybridized carbons (Fsp3) is 0.105. The fourth-order valence-corrected chi connectivity index (χ4v) is 2.92. The molecule has 0 spiro atoms. The number of aryl methyl sites for hydroxylation is 1. The molecule has 0 fully saturated rings. The summed E-state index contributed by atoms with van der Waals surface area (Å²) in [6.45, 7) is -1.29. The standard InChI is InChI=1S/C19H14F4N6O/c1-9-25-13-8-10(20)2-7-14(13)29(9)19-27-16(24)15(21)17(28-19)26-11-3-5-12(6-4-11)30-18(22)23/h2-8,18H,1H3,(H3,24,26,27,28). The molecule has 0 amide bonds. The number of alkyl halides is 2. The largest absolute Gasteiger partial charge is 0.435 e. The number of nitrogens with one attached hydrogen (secondary N) is 1. The summed E-state index contributed by atoms with van der Waals surface area (Å²) in [5.74, 6) is -1.56. The quantitative estimate of drug-likeness (QED) is 0.469. The van der Waals surface area contributed by atoms with Gasteiger partial charge in [0.05, 0.1) is 11.0 Å². The lowest BCUT2D eigenvalue weighted by atomic mass is 10.3. The van der Waals surface area contributed by atoms with Gasteiger partial charge >= 0.3 is 6.61 Å². The highest BCUT2D eigenvalue weighted by Gasteiger charge is 2.18. The van der Waals surface area contributed by atoms with Crippen LogP contribution < -0.4 is 15.8 Å². The molecule has 2 aromatic heterocycles. The van der Waals surface area contributed by atoms with E-state index in [1.165, 1.54) is 47.0 Å². The first kappa shape index (κ1) is 19.4. The highest BCUT2D eigenvalue weighted by molar-refractivity contribution is 5.78. The van der Waals surface area contributed by atoms with Crippen LogP contribution in [0.15, 0.2) is 42.5 Å². The predicted molar refractivity (Wildman–Crippen MR) is 102 cm³/mol. The Hall–Kier alpha value is -3.89. The third kappa shape index (κ3) is 3.69. The molecule has 0 saturated carbocycles. The van der Waals surface area contributed by atoms with Gasteiger partial charge in [0.15, 0.2) is 11.6 Å². The van der Waals surface area contributed by atoms with E-state index in [9.17, 15) is 17.6 Å². The second-order valence-electron chi connectivity index (χ2n) is 6.23. The zero-order chi connectivity index (χ0) is 21.4. The van der Waals surface area contributed by atoms with Gasteiger partial charge in [0.25, 0.3) is 0 Å². The molecule has 3 N–H and O–H groups in total. The van der Waals surface area contributed by atoms with Crippen molar-refractivity contribution in [3.05, 3.63) is 59.9 Å². The number of fused-ring (bicyclic) bond motifs is 1. The summed E-state index contributed by atoms with van der Waals surface area (Å²) in [6.07, 6.45) is 0. The number of aromatic nitrogens is 4. The van der Waals surface area contributed by atoms with Crippen LogP contribution in [0.3, 0.4) is 0 Å². The van der Waals surface area contributed by atoms with E-state index < -0.39 is 24.1 Å². The van der Waals surface area contributed by atoms with Crippen molar-refractivity contribution in [2.24, 2.45) is 0 Å². The first-order valence-corrected chi connectivity index (χ1v) is 8.61. The Morgan fingerprint density at radius 3 is 2.47 bits per heavy atom. The van der Waals surface area contributed by atoms with Gasteiger partial charge in [-0.2, -0.15) is 23.1 Å². The van der Waals surface area contributed by atoms with Crippen LogP contribution in [0, 0.1) is 18.6 Å². The molecular weight excluding hydrogens is 404 g/mol. The summed E-state index contributed by atoms with van der Waals surface area (Å²) >= 11 is 0. The van der Waals surface area contributed by atoms with Gasteiger partial charge in [0, 0.05) is 11.8 Å². The Bertz CT molecular complexity index is 1230. The third-order valence-corrected chi connectivity index (χ3v) is 4.19. The smallest absolute Gasteiger partial charge is 0.387 e. The molecule has 4 aromatic rings. The summed E-state index contributed by atoms with van der Waals surface area (Å²) in [5, 5.41) is 2.73. The fourth-order valence-electron chi connectivity index (χ4n) is 2.92. The molecule has 0 unspecified atom stereocenters. The molecule has 154 valence electrons. The molecule has 7 nitrogen and oxygen atoms in total. The molecule has 0 aliphatic rings. The highest BCUT2D eigenvalue weighted by Crippen LogP contribution is 2.26. The lowest BCUT2D eigenvalue weighted by Gasteiger charge is -2.12. The van der Waals surface area contributed by atoms with Gasteiger partial charge in [0.1, 0.15) is 17.4 Å². The lowest BCUT2D eigenvalue weighted by Crippen LogP contribution is -2.10. The molecule has 0 saturated heterocycles. The van der Waals surface area contributed by atoms with Crippen molar-refractivity contribution in [1.29, 1.82) is 0 Å². The molecule has 4 rings (SSSR count). The summed E-state index contributed by atoms with van der Waals surface area (Å²) in [7, 11) is 0. The van der Waals surface area contributed by atoms with E-state index in [0.29, 0.717) is 22.5 Å². The van der Waals surface area contributed by atoms with Gasteiger partial charge in [-0.15, -0.1) is 0 Å². The molecule has 2 heterocycles. The SMILES string of the molecule is Cc1nc2cc(F)ccc2n1-c1nc(N)c(F)c(Nc2ccc(OC(F)F)cc2)n1. The van der Waals surface area contributed by atoms with Crippen LogP contribution in [0.25, 0.3) is 17.0 Å². The van der Waals surface area contributed by atoms with Crippen molar-refractivity contribution >= 4 is 28.4 Å². The van der Waals surface area contributed by atoms with Crippen LogP contribution in [0.1, 0.15) is 5.82 Å². The summed E-state index contributed by atoms with van der Waals surface area (Å²) < 4.78 is 58.3. The maximum atomic E-state index is 14.5. The van der Waals surface area contributed by atoms with Crippen LogP contribution in [0.2, 0.25) is 0 Å². The normalized spacial score (nSPS) is 11.3. The minimum absolute atomic E-state index is 0.0284. The number of benzene rings is 2. The van der Waals surface area contributed by atoms with Gasteiger partial charge in [-0.25, -0.2) is 9.37 Å². The van der Waals surface area contributed by atoms with E-state index >= 15 is 0 Å². The van der Waals surface area contributed by atoms with Crippen molar-refractivity contribution in [1.82, 2.24) is 19.5 Å². The monoisotopic (exact) mass is 418 g/mol. The molecule has 0 aliphatic carbocycles. The Morgan fingerprint density at radius 1 is 1.03 bits per heavy atom. The van der Waals surface area contributed by atoms with Crippen molar-refractivity contribution in [3.8, 4) is 11.7 Å². The van der Waals surface area contributed by atoms with E-state index in [1.807, 2.05) is 0 Å². The first-order chi connectivity index (χ1) is 14.3. The predicted octanol–water partition coefficient (Wildman–Crippen LogP) is 4.33. The van der Waals surface area contributed by atoms with Gasteiger partial charge in [-0.05, 0) is 43.3 Å². The Labute approximate surface area is 167 Å². The molecule has 0 aliphatic heterocycles. The van der Waals surface area contributed by atoms with Crippen molar-refractivity contribution in [2.45, 2.75) is 13.5 Å². The van der Waals surface area contributed by atoms with Crippen molar-refractivity contribution in [2.75, 3.05) is 11.1 Å². The highest BCUT2D eigenvalue weighted by atomic mass is 19.3. The maximum absolute atomic E-state index is 14.5. The van der Waals surface area contributed by atoms with Crippen LogP contribution in [0.4, 0.5) is 34.9 Å². The van der Waals surface area contributed by atoms with Crippen molar-refractivity contribution < 1.29 is 22.3 Å². The number of nitrogen functional groups attached to an aromatic ring is 1. The number of nitrogens with two attached hydrogens (primary N) is 1. The number of nitrogens with zero attached hydrogens (tertiary/aromatic N) is 4. The summed E-state index contributed by atoms with van der Waals surface area (Å²) in [6, 6.07) is 9.43. The Balaban J connectivity index is 1.73. The number of imidazole rings is 1. The lowest BCUT2D eigenvalue weighted by molar-refractivity contribution is -0.0498. The Kier molecular flexibility index (Phi) is 4.86. The van der Waals surface area contributed by atoms with Crippen LogP contribution in [-0.4, -0.2) is 26.1 Å². The number of halogens is 4. The Morgan fingerprint density at radius 2 is 1.77 bits per heavy atom. The van der Waals surface area contributed by atoms with Crippen LogP contribution >= 0.6 is 0 Å². The van der Waals surface area contributed by atoms with Gasteiger partial charge in [-0.3, -0.25) is 4.57 Å². The van der Waals surface area contributed by atoms with Gasteiger partial charge in [-0.1, -0.05) is 0 Å². The summed E-state index contributed by atoms with van der Waals surface area (Å²) in [4.78, 5) is 12.4. The van der Waals surface area contributed by atoms with E-state index in [0.717, 1.165) is 0 Å². The topological polar surface area (TPSA) is 90.9 Å². The maximum Gasteiger partial charge on any atom is 0.387 e. The number of hydrogen-bond acceptors (Lipinski definition) is 6. The number of anilines is 3. The minimum atomic E-state index is -2.95. The molecule has 2 aromatic carbocycles. The molecule has 11 heteroatoms. The van der Waals surface area contributed by atoms with E-state index in [4.69, 9.17) is 5.73 Å². The van der Waals surface area contributed by atoms with Crippen molar-refractivity contribution in [3.63, 3.8) is 0 Å². The number of hydrogen-bond donors (Lipinski definition) is 2. The average Bonchev–Trinajstić information content (AvgIpc) is 3.01. The molecule has 0 bridgehead atoms. The van der Waals surface area contributed by atoms with Crippen LogP contribution in [0.5, 0.6) is 5.75 Å². The molecule has 0 atom stereocenters. The van der Waals surface area contributed by atoms with Gasteiger partial charge in [0.2, 0.25) is 11.8 Å². The molecular formula is C19H14F4N6O. The number of ether oxygens (including phenoxy) is 1. The second kappa shape index (κ2) is 7.50. The minimum Gasteiger partial charge on any atom is -0.435 e. The zero-order valence-corrected chi connectivity index (χ0v) is 15.4. The van der Waals surface area contributed by atoms with E-state index in [2.05, 4.69) is 25.0 Å². The second-order valence-corrected chi connectivity index (χ2v) is 6.23. The zero-order valence-electron chi connectivity index (χ0n) is 15.4. The van der Waals surface area contributed by atoms with Crippen LogP contribution in [-0.2, 0) is 0 Å². The third-order valence-electron chi connectivity index (χ3n) is 4.19. The first-order valence-electron chi connectivity index (χ1n) is 8.61. The van der Waals surface area contributed by atoms with E-state index in [1.54, 1.807) is 6.92 Å². The molecule has 0 radical (unpaired) electrons. The summed E-state index contributed by atoms with van der Waals surface area (Å²) in [5.41, 5.74) is 6.96. The van der Waals surface area contributed by atoms with E-state index in [-0.39, 0.29) is 17.5 Å².